The molecule has 1 aliphatic rings. The highest BCUT2D eigenvalue weighted by Gasteiger charge is 2.34. The molecule has 1 aromatic rings. The standard InChI is InChI=1S/C12H13ClF3N/c13-11-9(8-3-2-6-17-7-8)4-1-5-10(11)12(14,15)16/h1,4-5,8,17H,2-3,6-7H2. The minimum atomic E-state index is -4.38. The van der Waals surface area contributed by atoms with Gasteiger partial charge in [-0.2, -0.15) is 13.2 Å². The van der Waals surface area contributed by atoms with E-state index in [9.17, 15) is 13.2 Å². The summed E-state index contributed by atoms with van der Waals surface area (Å²) >= 11 is 5.88. The van der Waals surface area contributed by atoms with Gasteiger partial charge in [-0.05, 0) is 36.9 Å². The van der Waals surface area contributed by atoms with Crippen molar-refractivity contribution in [3.63, 3.8) is 0 Å². The third-order valence-corrected chi connectivity index (χ3v) is 3.49. The molecule has 1 atom stereocenters. The van der Waals surface area contributed by atoms with Gasteiger partial charge in [0.25, 0.3) is 0 Å². The number of benzene rings is 1. The number of alkyl halides is 3. The molecule has 5 heteroatoms. The Bertz CT molecular complexity index is 397. The molecule has 1 fully saturated rings. The van der Waals surface area contributed by atoms with Crippen molar-refractivity contribution in [2.24, 2.45) is 0 Å². The highest BCUT2D eigenvalue weighted by Crippen LogP contribution is 2.39. The molecule has 1 N–H and O–H groups in total. The Kier molecular flexibility index (Phi) is 3.64. The summed E-state index contributed by atoms with van der Waals surface area (Å²) in [5.41, 5.74) is -0.129. The van der Waals surface area contributed by atoms with Crippen molar-refractivity contribution in [3.05, 3.63) is 34.3 Å². The van der Waals surface area contributed by atoms with Gasteiger partial charge in [-0.15, -0.1) is 0 Å². The molecule has 0 saturated carbocycles. The number of hydrogen-bond donors (Lipinski definition) is 1. The van der Waals surface area contributed by atoms with Crippen LogP contribution in [0.3, 0.4) is 0 Å². The van der Waals surface area contributed by atoms with Crippen LogP contribution in [0, 0.1) is 0 Å². The second-order valence-corrected chi connectivity index (χ2v) is 4.63. The summed E-state index contributed by atoms with van der Waals surface area (Å²) < 4.78 is 38.1. The lowest BCUT2D eigenvalue weighted by molar-refractivity contribution is -0.137. The summed E-state index contributed by atoms with van der Waals surface area (Å²) in [6.07, 6.45) is -2.53. The normalized spacial score (nSPS) is 21.5. The molecular weight excluding hydrogens is 251 g/mol. The first-order valence-electron chi connectivity index (χ1n) is 5.56. The van der Waals surface area contributed by atoms with E-state index in [2.05, 4.69) is 5.32 Å². The monoisotopic (exact) mass is 263 g/mol. The molecule has 94 valence electrons. The SMILES string of the molecule is FC(F)(F)c1cccc(C2CCCNC2)c1Cl. The van der Waals surface area contributed by atoms with Crippen molar-refractivity contribution >= 4 is 11.6 Å². The van der Waals surface area contributed by atoms with Crippen LogP contribution in [0.5, 0.6) is 0 Å². The topological polar surface area (TPSA) is 12.0 Å². The predicted octanol–water partition coefficient (Wildman–Crippen LogP) is 3.83. The van der Waals surface area contributed by atoms with Gasteiger partial charge in [0.2, 0.25) is 0 Å². The molecule has 0 aromatic heterocycles. The lowest BCUT2D eigenvalue weighted by Gasteiger charge is -2.25. The Morgan fingerprint density at radius 3 is 2.65 bits per heavy atom. The zero-order chi connectivity index (χ0) is 12.5. The van der Waals surface area contributed by atoms with Gasteiger partial charge >= 0.3 is 6.18 Å². The molecule has 17 heavy (non-hydrogen) atoms. The van der Waals surface area contributed by atoms with Crippen molar-refractivity contribution in [2.75, 3.05) is 13.1 Å². The molecule has 1 aliphatic heterocycles. The zero-order valence-electron chi connectivity index (χ0n) is 9.15. The Hall–Kier alpha value is -0.740. The number of nitrogens with one attached hydrogen (secondary N) is 1. The first-order chi connectivity index (χ1) is 8.00. The number of piperidine rings is 1. The van der Waals surface area contributed by atoms with Gasteiger partial charge in [0.15, 0.2) is 0 Å². The van der Waals surface area contributed by atoms with E-state index >= 15 is 0 Å². The summed E-state index contributed by atoms with van der Waals surface area (Å²) in [7, 11) is 0. The first kappa shape index (κ1) is 12.7. The number of halogens is 4. The second kappa shape index (κ2) is 4.86. The van der Waals surface area contributed by atoms with E-state index in [4.69, 9.17) is 11.6 Å². The third-order valence-electron chi connectivity index (χ3n) is 3.07. The van der Waals surface area contributed by atoms with Gasteiger partial charge in [0.1, 0.15) is 0 Å². The molecule has 1 heterocycles. The van der Waals surface area contributed by atoms with Crippen LogP contribution in [0.2, 0.25) is 5.02 Å². The first-order valence-corrected chi connectivity index (χ1v) is 5.94. The Balaban J connectivity index is 2.35. The molecule has 0 bridgehead atoms. The van der Waals surface area contributed by atoms with Crippen molar-refractivity contribution in [1.29, 1.82) is 0 Å². The van der Waals surface area contributed by atoms with E-state index in [0.29, 0.717) is 12.1 Å². The summed E-state index contributed by atoms with van der Waals surface area (Å²) in [6, 6.07) is 4.15. The van der Waals surface area contributed by atoms with Gasteiger partial charge < -0.3 is 5.32 Å². The molecule has 1 nitrogen and oxygen atoms in total. The average Bonchev–Trinajstić information content (AvgIpc) is 2.29. The van der Waals surface area contributed by atoms with Gasteiger partial charge in [-0.1, -0.05) is 23.7 Å². The molecule has 2 rings (SSSR count). The van der Waals surface area contributed by atoms with Crippen molar-refractivity contribution in [3.8, 4) is 0 Å². The largest absolute Gasteiger partial charge is 0.417 e. The fourth-order valence-electron chi connectivity index (χ4n) is 2.20. The van der Waals surface area contributed by atoms with Crippen LogP contribution < -0.4 is 5.32 Å². The smallest absolute Gasteiger partial charge is 0.316 e. The van der Waals surface area contributed by atoms with E-state index in [1.807, 2.05) is 0 Å². The van der Waals surface area contributed by atoms with Gasteiger partial charge in [0, 0.05) is 6.54 Å². The van der Waals surface area contributed by atoms with E-state index < -0.39 is 11.7 Å². The summed E-state index contributed by atoms with van der Waals surface area (Å²) in [4.78, 5) is 0. The lowest BCUT2D eigenvalue weighted by atomic mass is 9.90. The van der Waals surface area contributed by atoms with Crippen LogP contribution in [-0.4, -0.2) is 13.1 Å². The van der Waals surface area contributed by atoms with Crippen LogP contribution in [0.1, 0.15) is 29.9 Å². The molecule has 0 aliphatic carbocycles. The molecule has 0 spiro atoms. The molecular formula is C12H13ClF3N. The van der Waals surface area contributed by atoms with Crippen LogP contribution in [-0.2, 0) is 6.18 Å². The number of hydrogen-bond acceptors (Lipinski definition) is 1. The summed E-state index contributed by atoms with van der Waals surface area (Å²) in [5.74, 6) is 0.0820. The molecule has 1 saturated heterocycles. The minimum absolute atomic E-state index is 0.0820. The molecule has 0 radical (unpaired) electrons. The quantitative estimate of drug-likeness (QED) is 0.812. The van der Waals surface area contributed by atoms with E-state index in [1.54, 1.807) is 6.07 Å². The molecule has 0 amide bonds. The van der Waals surface area contributed by atoms with E-state index in [1.165, 1.54) is 6.07 Å². The Morgan fingerprint density at radius 1 is 1.29 bits per heavy atom. The fraction of sp³-hybridized carbons (Fsp3) is 0.500. The van der Waals surface area contributed by atoms with Gasteiger partial charge in [-0.25, -0.2) is 0 Å². The maximum Gasteiger partial charge on any atom is 0.417 e. The maximum atomic E-state index is 12.7. The van der Waals surface area contributed by atoms with E-state index in [0.717, 1.165) is 25.5 Å². The fourth-order valence-corrected chi connectivity index (χ4v) is 2.59. The van der Waals surface area contributed by atoms with Crippen LogP contribution in [0.4, 0.5) is 13.2 Å². The summed E-state index contributed by atoms with van der Waals surface area (Å²) in [5, 5.41) is 3.03. The average molecular weight is 264 g/mol. The number of rotatable bonds is 1. The lowest BCUT2D eigenvalue weighted by Crippen LogP contribution is -2.28. The van der Waals surface area contributed by atoms with Crippen LogP contribution >= 0.6 is 11.6 Å². The Morgan fingerprint density at radius 2 is 2.06 bits per heavy atom. The zero-order valence-corrected chi connectivity index (χ0v) is 9.91. The highest BCUT2D eigenvalue weighted by molar-refractivity contribution is 6.32. The third kappa shape index (κ3) is 2.75. The van der Waals surface area contributed by atoms with Gasteiger partial charge in [-0.3, -0.25) is 0 Å². The molecule has 1 aromatic carbocycles. The Labute approximate surface area is 103 Å². The summed E-state index contributed by atoms with van der Waals surface area (Å²) in [6.45, 7) is 1.62. The van der Waals surface area contributed by atoms with Crippen molar-refractivity contribution in [1.82, 2.24) is 5.32 Å². The van der Waals surface area contributed by atoms with Crippen LogP contribution in [0.15, 0.2) is 18.2 Å². The van der Waals surface area contributed by atoms with Gasteiger partial charge in [0.05, 0.1) is 10.6 Å². The molecule has 1 unspecified atom stereocenters. The minimum Gasteiger partial charge on any atom is -0.316 e. The maximum absolute atomic E-state index is 12.7. The highest BCUT2D eigenvalue weighted by atomic mass is 35.5. The van der Waals surface area contributed by atoms with Crippen LogP contribution in [0.25, 0.3) is 0 Å². The predicted molar refractivity (Wildman–Crippen MR) is 61.3 cm³/mol. The van der Waals surface area contributed by atoms with E-state index in [-0.39, 0.29) is 10.9 Å². The van der Waals surface area contributed by atoms with Crippen molar-refractivity contribution in [2.45, 2.75) is 24.9 Å². The van der Waals surface area contributed by atoms with Crippen molar-refractivity contribution < 1.29 is 13.2 Å². The second-order valence-electron chi connectivity index (χ2n) is 4.25.